The van der Waals surface area contributed by atoms with Gasteiger partial charge < -0.3 is 5.11 Å². The third-order valence-corrected chi connectivity index (χ3v) is 3.40. The highest BCUT2D eigenvalue weighted by Gasteiger charge is 2.23. The van der Waals surface area contributed by atoms with Gasteiger partial charge in [-0.15, -0.1) is 0 Å². The lowest BCUT2D eigenvalue weighted by atomic mass is 9.91. The van der Waals surface area contributed by atoms with E-state index in [1.54, 1.807) is 12.1 Å². The van der Waals surface area contributed by atoms with Crippen molar-refractivity contribution in [1.29, 1.82) is 0 Å². The number of halogens is 3. The van der Waals surface area contributed by atoms with Gasteiger partial charge in [0.15, 0.2) is 0 Å². The topological polar surface area (TPSA) is 37.3 Å². The van der Waals surface area contributed by atoms with Crippen LogP contribution in [-0.2, 0) is 11.2 Å². The highest BCUT2D eigenvalue weighted by atomic mass is 79.9. The van der Waals surface area contributed by atoms with Gasteiger partial charge in [0.1, 0.15) is 11.6 Å². The van der Waals surface area contributed by atoms with Crippen LogP contribution in [0.2, 0.25) is 0 Å². The number of carbonyl (C=O) groups is 1. The van der Waals surface area contributed by atoms with E-state index in [1.807, 2.05) is 0 Å². The van der Waals surface area contributed by atoms with Crippen molar-refractivity contribution in [1.82, 2.24) is 0 Å². The van der Waals surface area contributed by atoms with E-state index in [-0.39, 0.29) is 12.0 Å². The van der Waals surface area contributed by atoms with Crippen LogP contribution in [-0.4, -0.2) is 11.1 Å². The van der Waals surface area contributed by atoms with Crippen LogP contribution in [0, 0.1) is 11.6 Å². The average Bonchev–Trinajstić information content (AvgIpc) is 2.35. The molecular weight excluding hydrogens is 330 g/mol. The van der Waals surface area contributed by atoms with Crippen molar-refractivity contribution in [2.45, 2.75) is 12.3 Å². The molecule has 1 N–H and O–H groups in total. The molecule has 1 unspecified atom stereocenters. The SMILES string of the molecule is O=C(O)C(Cc1cc(F)cc(Br)c1)c1ccccc1F. The maximum absolute atomic E-state index is 13.7. The summed E-state index contributed by atoms with van der Waals surface area (Å²) in [6, 6.07) is 9.88. The number of benzene rings is 2. The number of hydrogen-bond acceptors (Lipinski definition) is 1. The summed E-state index contributed by atoms with van der Waals surface area (Å²) in [5, 5.41) is 9.28. The third kappa shape index (κ3) is 3.42. The Kier molecular flexibility index (Phi) is 4.49. The number of carboxylic acid groups (broad SMARTS) is 1. The van der Waals surface area contributed by atoms with Crippen molar-refractivity contribution in [3.63, 3.8) is 0 Å². The van der Waals surface area contributed by atoms with E-state index in [4.69, 9.17) is 0 Å². The Balaban J connectivity index is 2.36. The van der Waals surface area contributed by atoms with Gasteiger partial charge in [-0.2, -0.15) is 0 Å². The molecule has 2 nitrogen and oxygen atoms in total. The van der Waals surface area contributed by atoms with E-state index in [0.29, 0.717) is 10.0 Å². The van der Waals surface area contributed by atoms with E-state index < -0.39 is 23.5 Å². The van der Waals surface area contributed by atoms with E-state index in [2.05, 4.69) is 15.9 Å². The molecule has 2 aromatic carbocycles. The molecule has 0 aliphatic carbocycles. The molecule has 0 bridgehead atoms. The first-order valence-electron chi connectivity index (χ1n) is 5.89. The molecule has 2 rings (SSSR count). The van der Waals surface area contributed by atoms with Gasteiger partial charge in [-0.1, -0.05) is 34.1 Å². The predicted octanol–water partition coefficient (Wildman–Crippen LogP) is 4.14. The summed E-state index contributed by atoms with van der Waals surface area (Å²) < 4.78 is 27.5. The van der Waals surface area contributed by atoms with Crippen LogP contribution in [0.5, 0.6) is 0 Å². The number of hydrogen-bond donors (Lipinski definition) is 1. The molecule has 2 aromatic rings. The maximum atomic E-state index is 13.7. The fraction of sp³-hybridized carbons (Fsp3) is 0.133. The van der Waals surface area contributed by atoms with Gasteiger partial charge in [-0.25, -0.2) is 8.78 Å². The van der Waals surface area contributed by atoms with Crippen LogP contribution < -0.4 is 0 Å². The van der Waals surface area contributed by atoms with Crippen LogP contribution in [0.4, 0.5) is 8.78 Å². The first kappa shape index (κ1) is 14.7. The van der Waals surface area contributed by atoms with Gasteiger partial charge >= 0.3 is 5.97 Å². The van der Waals surface area contributed by atoms with Crippen LogP contribution in [0.25, 0.3) is 0 Å². The molecule has 0 aromatic heterocycles. The minimum Gasteiger partial charge on any atom is -0.481 e. The highest BCUT2D eigenvalue weighted by Crippen LogP contribution is 2.25. The van der Waals surface area contributed by atoms with E-state index >= 15 is 0 Å². The molecule has 0 saturated heterocycles. The molecule has 0 heterocycles. The monoisotopic (exact) mass is 340 g/mol. The molecule has 0 radical (unpaired) electrons. The number of rotatable bonds is 4. The summed E-state index contributed by atoms with van der Waals surface area (Å²) in [7, 11) is 0. The molecule has 0 amide bonds. The van der Waals surface area contributed by atoms with Gasteiger partial charge in [0.05, 0.1) is 5.92 Å². The Morgan fingerprint density at radius 1 is 1.20 bits per heavy atom. The fourth-order valence-electron chi connectivity index (χ4n) is 2.05. The van der Waals surface area contributed by atoms with Gasteiger partial charge in [0.2, 0.25) is 0 Å². The quantitative estimate of drug-likeness (QED) is 0.908. The van der Waals surface area contributed by atoms with Crippen LogP contribution in [0.3, 0.4) is 0 Å². The minimum atomic E-state index is -1.14. The molecule has 0 spiro atoms. The second kappa shape index (κ2) is 6.13. The zero-order valence-electron chi connectivity index (χ0n) is 10.3. The first-order valence-corrected chi connectivity index (χ1v) is 6.69. The summed E-state index contributed by atoms with van der Waals surface area (Å²) >= 11 is 3.15. The van der Waals surface area contributed by atoms with Crippen LogP contribution in [0.1, 0.15) is 17.0 Å². The summed E-state index contributed by atoms with van der Waals surface area (Å²) in [5.41, 5.74) is 0.591. The molecule has 20 heavy (non-hydrogen) atoms. The normalized spacial score (nSPS) is 12.2. The minimum absolute atomic E-state index is 0.0205. The maximum Gasteiger partial charge on any atom is 0.311 e. The largest absolute Gasteiger partial charge is 0.481 e. The fourth-order valence-corrected chi connectivity index (χ4v) is 2.57. The Hall–Kier alpha value is -1.75. The number of aliphatic carboxylic acids is 1. The van der Waals surface area contributed by atoms with E-state index in [0.717, 1.165) is 0 Å². The summed E-state index contributed by atoms with van der Waals surface area (Å²) in [6.07, 6.45) is 0.0205. The average molecular weight is 341 g/mol. The molecule has 5 heteroatoms. The van der Waals surface area contributed by atoms with Crippen molar-refractivity contribution in [2.24, 2.45) is 0 Å². The standard InChI is InChI=1S/C15H11BrF2O2/c16-10-5-9(6-11(17)8-10)7-13(15(19)20)12-3-1-2-4-14(12)18/h1-6,8,13H,7H2,(H,19,20). The molecule has 104 valence electrons. The lowest BCUT2D eigenvalue weighted by molar-refractivity contribution is -0.138. The zero-order chi connectivity index (χ0) is 14.7. The Labute approximate surface area is 123 Å². The molecule has 0 saturated carbocycles. The smallest absolute Gasteiger partial charge is 0.311 e. The zero-order valence-corrected chi connectivity index (χ0v) is 11.9. The first-order chi connectivity index (χ1) is 9.47. The Bertz CT molecular complexity index is 623. The second-order valence-corrected chi connectivity index (χ2v) is 5.31. The summed E-state index contributed by atoms with van der Waals surface area (Å²) in [5.74, 6) is -3.23. The predicted molar refractivity (Wildman–Crippen MR) is 74.6 cm³/mol. The van der Waals surface area contributed by atoms with E-state index in [9.17, 15) is 18.7 Å². The molecule has 0 fully saturated rings. The summed E-state index contributed by atoms with van der Waals surface area (Å²) in [6.45, 7) is 0. The Morgan fingerprint density at radius 2 is 1.90 bits per heavy atom. The van der Waals surface area contributed by atoms with Crippen molar-refractivity contribution < 1.29 is 18.7 Å². The van der Waals surface area contributed by atoms with Crippen molar-refractivity contribution in [2.75, 3.05) is 0 Å². The second-order valence-electron chi connectivity index (χ2n) is 4.39. The lowest BCUT2D eigenvalue weighted by Gasteiger charge is -2.14. The molecule has 0 aliphatic heterocycles. The molecular formula is C15H11BrF2O2. The lowest BCUT2D eigenvalue weighted by Crippen LogP contribution is -2.16. The van der Waals surface area contributed by atoms with Gasteiger partial charge in [-0.3, -0.25) is 4.79 Å². The van der Waals surface area contributed by atoms with Gasteiger partial charge in [0.25, 0.3) is 0 Å². The highest BCUT2D eigenvalue weighted by molar-refractivity contribution is 9.10. The molecule has 1 atom stereocenters. The summed E-state index contributed by atoms with van der Waals surface area (Å²) in [4.78, 5) is 11.4. The molecule has 0 aliphatic rings. The third-order valence-electron chi connectivity index (χ3n) is 2.94. The van der Waals surface area contributed by atoms with Gasteiger partial charge in [0, 0.05) is 10.0 Å². The van der Waals surface area contributed by atoms with Gasteiger partial charge in [-0.05, 0) is 36.2 Å². The van der Waals surface area contributed by atoms with Crippen LogP contribution in [0.15, 0.2) is 46.9 Å². The Morgan fingerprint density at radius 3 is 2.50 bits per heavy atom. The van der Waals surface area contributed by atoms with Crippen molar-refractivity contribution in [3.05, 3.63) is 69.7 Å². The van der Waals surface area contributed by atoms with Crippen molar-refractivity contribution in [3.8, 4) is 0 Å². The number of carboxylic acids is 1. The van der Waals surface area contributed by atoms with Crippen molar-refractivity contribution >= 4 is 21.9 Å². The van der Waals surface area contributed by atoms with Crippen LogP contribution >= 0.6 is 15.9 Å². The van der Waals surface area contributed by atoms with E-state index in [1.165, 1.54) is 30.3 Å².